The van der Waals surface area contributed by atoms with Crippen LogP contribution in [0.2, 0.25) is 0 Å². The molecule has 2 fully saturated rings. The number of benzene rings is 2. The molecule has 0 radical (unpaired) electrons. The zero-order valence-electron chi connectivity index (χ0n) is 20.6. The molecule has 1 unspecified atom stereocenters. The maximum atomic E-state index is 13.1. The third kappa shape index (κ3) is 6.67. The van der Waals surface area contributed by atoms with Crippen LogP contribution in [0.3, 0.4) is 0 Å². The van der Waals surface area contributed by atoms with Crippen molar-refractivity contribution in [1.29, 1.82) is 0 Å². The van der Waals surface area contributed by atoms with Crippen molar-refractivity contribution >= 4 is 10.0 Å². The van der Waals surface area contributed by atoms with Gasteiger partial charge in [-0.05, 0) is 92.6 Å². The largest absolute Gasteiger partial charge is 0.303 e. The van der Waals surface area contributed by atoms with Crippen molar-refractivity contribution in [1.82, 2.24) is 9.21 Å². The van der Waals surface area contributed by atoms with Gasteiger partial charge < -0.3 is 4.90 Å². The molecule has 1 aliphatic heterocycles. The fourth-order valence-corrected chi connectivity index (χ4v) is 6.72. The maximum Gasteiger partial charge on any atom is 0.211 e. The van der Waals surface area contributed by atoms with Crippen LogP contribution in [0.5, 0.6) is 0 Å². The number of hydrogen-bond acceptors (Lipinski definition) is 3. The summed E-state index contributed by atoms with van der Waals surface area (Å²) in [6.45, 7) is 3.31. The number of nitrogens with zero attached hydrogens (tertiary/aromatic N) is 2. The summed E-state index contributed by atoms with van der Waals surface area (Å²) >= 11 is 0. The van der Waals surface area contributed by atoms with E-state index in [2.05, 4.69) is 35.2 Å². The van der Waals surface area contributed by atoms with Crippen LogP contribution in [0.1, 0.15) is 55.6 Å². The van der Waals surface area contributed by atoms with Crippen LogP contribution in [0, 0.1) is 17.7 Å². The molecule has 0 N–H and O–H groups in total. The average Bonchev–Trinajstić information content (AvgIpc) is 3.24. The number of hydrogen-bond donors (Lipinski definition) is 0. The van der Waals surface area contributed by atoms with E-state index in [9.17, 15) is 12.8 Å². The molecule has 2 aromatic carbocycles. The van der Waals surface area contributed by atoms with Crippen molar-refractivity contribution in [3.8, 4) is 0 Å². The first-order valence-electron chi connectivity index (χ1n) is 12.7. The summed E-state index contributed by atoms with van der Waals surface area (Å²) in [5.41, 5.74) is 2.56. The Bertz CT molecular complexity index is 1000. The van der Waals surface area contributed by atoms with Gasteiger partial charge in [-0.25, -0.2) is 17.1 Å². The second-order valence-electron chi connectivity index (χ2n) is 10.4. The van der Waals surface area contributed by atoms with Crippen LogP contribution in [0.4, 0.5) is 4.39 Å². The molecule has 1 saturated heterocycles. The van der Waals surface area contributed by atoms with E-state index in [1.165, 1.54) is 36.6 Å². The van der Waals surface area contributed by atoms with E-state index in [4.69, 9.17) is 0 Å². The topological polar surface area (TPSA) is 40.6 Å². The highest BCUT2D eigenvalue weighted by Crippen LogP contribution is 2.43. The summed E-state index contributed by atoms with van der Waals surface area (Å²) in [5.74, 6) is 1.49. The predicted octanol–water partition coefficient (Wildman–Crippen LogP) is 5.31. The molecule has 1 aliphatic carbocycles. The van der Waals surface area contributed by atoms with Crippen LogP contribution in [-0.2, 0) is 16.4 Å². The summed E-state index contributed by atoms with van der Waals surface area (Å²) in [4.78, 5) is 2.61. The number of piperidine rings is 1. The molecule has 2 aliphatic rings. The maximum absolute atomic E-state index is 13.1. The monoisotopic (exact) mass is 486 g/mol. The fraction of sp³-hybridized carbons (Fsp3) is 0.571. The van der Waals surface area contributed by atoms with Crippen molar-refractivity contribution in [2.24, 2.45) is 11.8 Å². The molecular weight excluding hydrogens is 447 g/mol. The molecule has 34 heavy (non-hydrogen) atoms. The lowest BCUT2D eigenvalue weighted by Crippen LogP contribution is -2.38. The van der Waals surface area contributed by atoms with Crippen molar-refractivity contribution in [2.75, 3.05) is 32.9 Å². The standard InChI is InChI=1S/C28H39FN2O2S/c1-30(34(2,32)33)27-19-25(28(20-27)24-9-4-3-5-10-24)21-31-17-15-23(16-18-31)8-6-7-22-11-13-26(29)14-12-22/h3-5,9-14,23,25,27-28H,6-8,15-21H2,1-2H3/t25-,27?,28-/m1/s1. The Hall–Kier alpha value is -1.76. The van der Waals surface area contributed by atoms with Gasteiger partial charge in [0.15, 0.2) is 0 Å². The van der Waals surface area contributed by atoms with E-state index in [0.29, 0.717) is 11.8 Å². The van der Waals surface area contributed by atoms with Gasteiger partial charge >= 0.3 is 0 Å². The molecule has 1 heterocycles. The van der Waals surface area contributed by atoms with Crippen molar-refractivity contribution in [3.05, 3.63) is 71.5 Å². The molecule has 186 valence electrons. The zero-order valence-corrected chi connectivity index (χ0v) is 21.4. The molecule has 0 amide bonds. The Kier molecular flexibility index (Phi) is 8.43. The first kappa shape index (κ1) is 25.3. The first-order valence-corrected chi connectivity index (χ1v) is 14.6. The van der Waals surface area contributed by atoms with Gasteiger partial charge in [0.25, 0.3) is 0 Å². The fourth-order valence-electron chi connectivity index (χ4n) is 6.01. The minimum absolute atomic E-state index is 0.0780. The van der Waals surface area contributed by atoms with Crippen LogP contribution < -0.4 is 0 Å². The summed E-state index contributed by atoms with van der Waals surface area (Å²) in [5, 5.41) is 0. The Morgan fingerprint density at radius 3 is 2.32 bits per heavy atom. The van der Waals surface area contributed by atoms with Crippen LogP contribution >= 0.6 is 0 Å². The number of sulfonamides is 1. The Labute approximate surface area is 205 Å². The summed E-state index contributed by atoms with van der Waals surface area (Å²) < 4.78 is 39.0. The highest BCUT2D eigenvalue weighted by molar-refractivity contribution is 7.88. The number of aryl methyl sites for hydroxylation is 1. The third-order valence-electron chi connectivity index (χ3n) is 8.13. The number of halogens is 1. The third-order valence-corrected chi connectivity index (χ3v) is 9.47. The smallest absolute Gasteiger partial charge is 0.211 e. The highest BCUT2D eigenvalue weighted by atomic mass is 32.2. The quantitative estimate of drug-likeness (QED) is 0.482. The average molecular weight is 487 g/mol. The summed E-state index contributed by atoms with van der Waals surface area (Å²) in [6.07, 6.45) is 9.04. The lowest BCUT2D eigenvalue weighted by molar-refractivity contribution is 0.150. The molecule has 0 aromatic heterocycles. The predicted molar refractivity (Wildman–Crippen MR) is 137 cm³/mol. The minimum Gasteiger partial charge on any atom is -0.303 e. The molecule has 0 spiro atoms. The van der Waals surface area contributed by atoms with Gasteiger partial charge in [0.05, 0.1) is 6.26 Å². The van der Waals surface area contributed by atoms with Crippen molar-refractivity contribution in [3.63, 3.8) is 0 Å². The van der Waals surface area contributed by atoms with Gasteiger partial charge in [0.2, 0.25) is 10.0 Å². The minimum atomic E-state index is -3.19. The van der Waals surface area contributed by atoms with E-state index >= 15 is 0 Å². The molecule has 0 bridgehead atoms. The number of likely N-dealkylation sites (tertiary alicyclic amines) is 1. The Balaban J connectivity index is 1.29. The van der Waals surface area contributed by atoms with Gasteiger partial charge in [-0.3, -0.25) is 0 Å². The van der Waals surface area contributed by atoms with Crippen molar-refractivity contribution < 1.29 is 12.8 Å². The summed E-state index contributed by atoms with van der Waals surface area (Å²) in [7, 11) is -1.45. The lowest BCUT2D eigenvalue weighted by atomic mass is 9.87. The van der Waals surface area contributed by atoms with E-state index < -0.39 is 10.0 Å². The summed E-state index contributed by atoms with van der Waals surface area (Å²) in [6, 6.07) is 17.6. The molecular formula is C28H39FN2O2S. The highest BCUT2D eigenvalue weighted by Gasteiger charge is 2.40. The lowest BCUT2D eigenvalue weighted by Gasteiger charge is -2.35. The SMILES string of the molecule is CN(C1C[C@H](CN2CCC(CCCc3ccc(F)cc3)CC2)[C@@H](c2ccccc2)C1)S(C)(=O)=O. The second kappa shape index (κ2) is 11.3. The molecule has 3 atom stereocenters. The van der Waals surface area contributed by atoms with Crippen LogP contribution in [0.25, 0.3) is 0 Å². The van der Waals surface area contributed by atoms with E-state index in [0.717, 1.165) is 51.2 Å². The van der Waals surface area contributed by atoms with E-state index in [1.54, 1.807) is 23.5 Å². The van der Waals surface area contributed by atoms with E-state index in [-0.39, 0.29) is 11.9 Å². The van der Waals surface area contributed by atoms with Crippen LogP contribution in [0.15, 0.2) is 54.6 Å². The molecule has 4 rings (SSSR count). The van der Waals surface area contributed by atoms with Crippen molar-refractivity contribution in [2.45, 2.75) is 56.9 Å². The van der Waals surface area contributed by atoms with Gasteiger partial charge in [-0.2, -0.15) is 0 Å². The van der Waals surface area contributed by atoms with Crippen LogP contribution in [-0.4, -0.2) is 56.6 Å². The molecule has 2 aromatic rings. The first-order chi connectivity index (χ1) is 16.3. The van der Waals surface area contributed by atoms with Gasteiger partial charge in [-0.15, -0.1) is 0 Å². The molecule has 4 nitrogen and oxygen atoms in total. The van der Waals surface area contributed by atoms with E-state index in [1.807, 2.05) is 12.1 Å². The number of rotatable bonds is 9. The molecule has 6 heteroatoms. The molecule has 1 saturated carbocycles. The van der Waals surface area contributed by atoms with Gasteiger partial charge in [0, 0.05) is 19.6 Å². The second-order valence-corrected chi connectivity index (χ2v) is 12.5. The normalized spacial score (nSPS) is 24.6. The Morgan fingerprint density at radius 2 is 1.68 bits per heavy atom. The van der Waals surface area contributed by atoms with Gasteiger partial charge in [0.1, 0.15) is 5.82 Å². The van der Waals surface area contributed by atoms with Gasteiger partial charge in [-0.1, -0.05) is 48.9 Å². The zero-order chi connectivity index (χ0) is 24.1. The Morgan fingerprint density at radius 1 is 1.00 bits per heavy atom.